The SMILES string of the molecule is Nc1cc(C2CC23CC3)no1. The highest BCUT2D eigenvalue weighted by molar-refractivity contribution is 5.34. The third kappa shape index (κ3) is 0.654. The van der Waals surface area contributed by atoms with Crippen molar-refractivity contribution in [1.82, 2.24) is 5.16 Å². The molecule has 3 heteroatoms. The van der Waals surface area contributed by atoms with E-state index in [9.17, 15) is 0 Å². The largest absolute Gasteiger partial charge is 0.368 e. The summed E-state index contributed by atoms with van der Waals surface area (Å²) in [7, 11) is 0. The van der Waals surface area contributed by atoms with Gasteiger partial charge in [0.15, 0.2) is 0 Å². The van der Waals surface area contributed by atoms with E-state index in [1.54, 1.807) is 0 Å². The molecule has 0 aromatic carbocycles. The molecule has 2 saturated carbocycles. The predicted octanol–water partition coefficient (Wildman–Crippen LogP) is 1.52. The molecule has 0 radical (unpaired) electrons. The molecule has 1 unspecified atom stereocenters. The quantitative estimate of drug-likeness (QED) is 0.660. The summed E-state index contributed by atoms with van der Waals surface area (Å²) in [5, 5.41) is 3.91. The van der Waals surface area contributed by atoms with Gasteiger partial charge in [-0.1, -0.05) is 5.16 Å². The Bertz CT molecular complexity index is 301. The maximum absolute atomic E-state index is 5.42. The predicted molar refractivity (Wildman–Crippen MR) is 39.9 cm³/mol. The Labute approximate surface area is 64.5 Å². The number of hydrogen-bond donors (Lipinski definition) is 1. The number of rotatable bonds is 1. The van der Waals surface area contributed by atoms with E-state index in [0.29, 0.717) is 17.2 Å². The average Bonchev–Trinajstić information content (AvgIpc) is 2.87. The summed E-state index contributed by atoms with van der Waals surface area (Å²) in [6.45, 7) is 0. The van der Waals surface area contributed by atoms with Crippen LogP contribution in [0.5, 0.6) is 0 Å². The van der Waals surface area contributed by atoms with Gasteiger partial charge < -0.3 is 10.3 Å². The molecule has 2 N–H and O–H groups in total. The van der Waals surface area contributed by atoms with E-state index >= 15 is 0 Å². The van der Waals surface area contributed by atoms with Gasteiger partial charge >= 0.3 is 0 Å². The van der Waals surface area contributed by atoms with Gasteiger partial charge in [-0.25, -0.2) is 0 Å². The Balaban J connectivity index is 1.90. The standard InChI is InChI=1S/C8H10N2O/c9-7-3-6(10-11-7)5-4-8(5)1-2-8/h3,5H,1-2,4,9H2. The van der Waals surface area contributed by atoms with Crippen molar-refractivity contribution >= 4 is 5.88 Å². The summed E-state index contributed by atoms with van der Waals surface area (Å²) in [5.74, 6) is 1.12. The zero-order valence-corrected chi connectivity index (χ0v) is 6.21. The molecule has 2 fully saturated rings. The number of aromatic nitrogens is 1. The lowest BCUT2D eigenvalue weighted by atomic mass is 10.2. The van der Waals surface area contributed by atoms with Crippen LogP contribution in [-0.2, 0) is 0 Å². The van der Waals surface area contributed by atoms with Gasteiger partial charge in [-0.15, -0.1) is 0 Å². The van der Waals surface area contributed by atoms with E-state index in [1.165, 1.54) is 19.3 Å². The lowest BCUT2D eigenvalue weighted by Gasteiger charge is -1.84. The van der Waals surface area contributed by atoms with Crippen LogP contribution in [0.15, 0.2) is 10.6 Å². The van der Waals surface area contributed by atoms with E-state index in [1.807, 2.05) is 6.07 Å². The highest BCUT2D eigenvalue weighted by Gasteiger charge is 2.64. The number of nitrogens with two attached hydrogens (primary N) is 1. The minimum absolute atomic E-state index is 0.447. The first-order chi connectivity index (χ1) is 5.30. The van der Waals surface area contributed by atoms with Gasteiger partial charge in [0.25, 0.3) is 0 Å². The van der Waals surface area contributed by atoms with Crippen LogP contribution >= 0.6 is 0 Å². The summed E-state index contributed by atoms with van der Waals surface area (Å²) >= 11 is 0. The Morgan fingerprint density at radius 3 is 2.91 bits per heavy atom. The van der Waals surface area contributed by atoms with E-state index < -0.39 is 0 Å². The fourth-order valence-electron chi connectivity index (χ4n) is 1.95. The van der Waals surface area contributed by atoms with E-state index in [0.717, 1.165) is 5.69 Å². The van der Waals surface area contributed by atoms with Gasteiger partial charge in [-0.3, -0.25) is 0 Å². The summed E-state index contributed by atoms with van der Waals surface area (Å²) in [4.78, 5) is 0. The van der Waals surface area contributed by atoms with Crippen LogP contribution in [0, 0.1) is 5.41 Å². The second-order valence-electron chi connectivity index (χ2n) is 3.77. The van der Waals surface area contributed by atoms with Crippen molar-refractivity contribution in [3.63, 3.8) is 0 Å². The molecule has 1 heterocycles. The van der Waals surface area contributed by atoms with Crippen LogP contribution in [-0.4, -0.2) is 5.16 Å². The fourth-order valence-corrected chi connectivity index (χ4v) is 1.95. The molecule has 0 saturated heterocycles. The van der Waals surface area contributed by atoms with Crippen molar-refractivity contribution in [2.45, 2.75) is 25.2 Å². The smallest absolute Gasteiger partial charge is 0.222 e. The van der Waals surface area contributed by atoms with Gasteiger partial charge in [0.2, 0.25) is 5.88 Å². The Kier molecular flexibility index (Phi) is 0.739. The molecule has 11 heavy (non-hydrogen) atoms. The summed E-state index contributed by atoms with van der Waals surface area (Å²) in [6.07, 6.45) is 4.06. The Hall–Kier alpha value is -0.990. The topological polar surface area (TPSA) is 52.0 Å². The zero-order valence-electron chi connectivity index (χ0n) is 6.21. The van der Waals surface area contributed by atoms with Crippen molar-refractivity contribution in [1.29, 1.82) is 0 Å². The maximum atomic E-state index is 5.42. The van der Waals surface area contributed by atoms with E-state index in [-0.39, 0.29) is 0 Å². The highest BCUT2D eigenvalue weighted by Crippen LogP contribution is 2.74. The van der Waals surface area contributed by atoms with Crippen molar-refractivity contribution in [2.24, 2.45) is 5.41 Å². The van der Waals surface area contributed by atoms with Crippen LogP contribution < -0.4 is 5.73 Å². The lowest BCUT2D eigenvalue weighted by Crippen LogP contribution is -1.81. The molecule has 0 amide bonds. The third-order valence-corrected chi connectivity index (χ3v) is 2.99. The van der Waals surface area contributed by atoms with E-state index in [4.69, 9.17) is 10.3 Å². The maximum Gasteiger partial charge on any atom is 0.222 e. The molecule has 2 aliphatic rings. The van der Waals surface area contributed by atoms with Gasteiger partial charge in [-0.05, 0) is 24.7 Å². The van der Waals surface area contributed by atoms with Crippen LogP contribution in [0.2, 0.25) is 0 Å². The number of nitrogen functional groups attached to an aromatic ring is 1. The Morgan fingerprint density at radius 2 is 2.45 bits per heavy atom. The van der Waals surface area contributed by atoms with Crippen LogP contribution in [0.3, 0.4) is 0 Å². The van der Waals surface area contributed by atoms with Gasteiger partial charge in [-0.2, -0.15) is 0 Å². The third-order valence-electron chi connectivity index (χ3n) is 2.99. The summed E-state index contributed by atoms with van der Waals surface area (Å²) < 4.78 is 4.81. The van der Waals surface area contributed by atoms with Gasteiger partial charge in [0.05, 0.1) is 5.69 Å². The average molecular weight is 150 g/mol. The highest BCUT2D eigenvalue weighted by atomic mass is 16.5. The molecule has 0 bridgehead atoms. The second kappa shape index (κ2) is 1.44. The minimum atomic E-state index is 0.447. The normalized spacial score (nSPS) is 30.7. The van der Waals surface area contributed by atoms with Crippen LogP contribution in [0.4, 0.5) is 5.88 Å². The number of hydrogen-bond acceptors (Lipinski definition) is 3. The van der Waals surface area contributed by atoms with E-state index in [2.05, 4.69) is 5.16 Å². The monoisotopic (exact) mass is 150 g/mol. The molecule has 1 atom stereocenters. The first-order valence-electron chi connectivity index (χ1n) is 4.02. The number of anilines is 1. The second-order valence-corrected chi connectivity index (χ2v) is 3.77. The molecular weight excluding hydrogens is 140 g/mol. The van der Waals surface area contributed by atoms with Crippen molar-refractivity contribution in [2.75, 3.05) is 5.73 Å². The fraction of sp³-hybridized carbons (Fsp3) is 0.625. The van der Waals surface area contributed by atoms with Crippen LogP contribution in [0.1, 0.15) is 30.9 Å². The molecule has 0 aliphatic heterocycles. The molecule has 1 aromatic rings. The minimum Gasteiger partial charge on any atom is -0.368 e. The molecule has 1 aromatic heterocycles. The molecular formula is C8H10N2O. The lowest BCUT2D eigenvalue weighted by molar-refractivity contribution is 0.426. The molecule has 58 valence electrons. The Morgan fingerprint density at radius 1 is 1.64 bits per heavy atom. The van der Waals surface area contributed by atoms with Crippen LogP contribution in [0.25, 0.3) is 0 Å². The molecule has 3 rings (SSSR count). The molecule has 2 aliphatic carbocycles. The summed E-state index contributed by atoms with van der Waals surface area (Å²) in [5.41, 5.74) is 7.15. The zero-order chi connectivity index (χ0) is 7.47. The van der Waals surface area contributed by atoms with Gasteiger partial charge in [0, 0.05) is 12.0 Å². The first-order valence-corrected chi connectivity index (χ1v) is 4.02. The first kappa shape index (κ1) is 5.63. The van der Waals surface area contributed by atoms with Crippen molar-refractivity contribution in [3.8, 4) is 0 Å². The number of nitrogens with zero attached hydrogens (tertiary/aromatic N) is 1. The molecule has 1 spiro atoms. The van der Waals surface area contributed by atoms with Crippen molar-refractivity contribution in [3.05, 3.63) is 11.8 Å². The summed E-state index contributed by atoms with van der Waals surface area (Å²) in [6, 6.07) is 1.86. The molecule has 3 nitrogen and oxygen atoms in total. The van der Waals surface area contributed by atoms with Crippen molar-refractivity contribution < 1.29 is 4.52 Å². The van der Waals surface area contributed by atoms with Gasteiger partial charge in [0.1, 0.15) is 0 Å².